The smallest absolute Gasteiger partial charge is 0.128 e. The van der Waals surface area contributed by atoms with Crippen molar-refractivity contribution >= 4 is 11.5 Å². The first-order valence-corrected chi connectivity index (χ1v) is 6.19. The van der Waals surface area contributed by atoms with Gasteiger partial charge in [-0.05, 0) is 31.9 Å². The summed E-state index contributed by atoms with van der Waals surface area (Å²) in [6, 6.07) is 4.07. The van der Waals surface area contributed by atoms with Gasteiger partial charge in [-0.3, -0.25) is 0 Å². The van der Waals surface area contributed by atoms with E-state index in [1.165, 1.54) is 6.42 Å². The summed E-state index contributed by atoms with van der Waals surface area (Å²) >= 11 is 0. The van der Waals surface area contributed by atoms with E-state index in [0.29, 0.717) is 12.2 Å². The predicted octanol–water partition coefficient (Wildman–Crippen LogP) is 2.13. The van der Waals surface area contributed by atoms with Crippen molar-refractivity contribution < 1.29 is 4.74 Å². The molecule has 1 aromatic heterocycles. The van der Waals surface area contributed by atoms with Crippen LogP contribution >= 0.6 is 0 Å². The van der Waals surface area contributed by atoms with Crippen LogP contribution in [0.25, 0.3) is 0 Å². The van der Waals surface area contributed by atoms with Crippen LogP contribution < -0.4 is 10.2 Å². The van der Waals surface area contributed by atoms with Crippen molar-refractivity contribution in [1.29, 1.82) is 0 Å². The van der Waals surface area contributed by atoms with Gasteiger partial charge in [0, 0.05) is 20.6 Å². The molecule has 1 saturated heterocycles. The Morgan fingerprint density at radius 3 is 2.82 bits per heavy atom. The van der Waals surface area contributed by atoms with E-state index >= 15 is 0 Å². The number of nitrogens with zero attached hydrogens (tertiary/aromatic N) is 2. The number of hydrogen-bond donors (Lipinski definition) is 1. The average molecular weight is 235 g/mol. The second-order valence-electron chi connectivity index (χ2n) is 4.68. The molecular weight excluding hydrogens is 214 g/mol. The third-order valence-electron chi connectivity index (χ3n) is 3.23. The fraction of sp³-hybridized carbons (Fsp3) is 0.615. The highest BCUT2D eigenvalue weighted by atomic mass is 16.5. The maximum atomic E-state index is 5.82. The normalized spacial score (nSPS) is 23.7. The minimum atomic E-state index is 0.348. The first-order valence-electron chi connectivity index (χ1n) is 6.19. The molecule has 0 aromatic carbocycles. The lowest BCUT2D eigenvalue weighted by atomic mass is 10.2. The molecular formula is C13H21N3O. The van der Waals surface area contributed by atoms with Crippen molar-refractivity contribution in [3.63, 3.8) is 0 Å². The molecule has 2 atom stereocenters. The Morgan fingerprint density at radius 2 is 2.29 bits per heavy atom. The molecule has 0 radical (unpaired) electrons. The molecule has 2 rings (SSSR count). The van der Waals surface area contributed by atoms with E-state index in [4.69, 9.17) is 4.74 Å². The van der Waals surface area contributed by atoms with Crippen LogP contribution in [0.5, 0.6) is 0 Å². The van der Waals surface area contributed by atoms with Crippen LogP contribution in [0.15, 0.2) is 18.3 Å². The van der Waals surface area contributed by atoms with Gasteiger partial charge in [-0.25, -0.2) is 4.98 Å². The van der Waals surface area contributed by atoms with E-state index in [9.17, 15) is 0 Å². The molecule has 4 nitrogen and oxygen atoms in total. The minimum absolute atomic E-state index is 0.348. The van der Waals surface area contributed by atoms with Crippen molar-refractivity contribution in [3.8, 4) is 0 Å². The number of nitrogens with one attached hydrogen (secondary N) is 1. The minimum Gasteiger partial charge on any atom is -0.387 e. The summed E-state index contributed by atoms with van der Waals surface area (Å²) in [5.41, 5.74) is 1.04. The zero-order chi connectivity index (χ0) is 12.3. The highest BCUT2D eigenvalue weighted by Crippen LogP contribution is 2.21. The highest BCUT2D eigenvalue weighted by Gasteiger charge is 2.23. The summed E-state index contributed by atoms with van der Waals surface area (Å²) in [4.78, 5) is 6.57. The topological polar surface area (TPSA) is 37.4 Å². The molecule has 0 spiro atoms. The largest absolute Gasteiger partial charge is 0.387 e. The predicted molar refractivity (Wildman–Crippen MR) is 70.6 cm³/mol. The van der Waals surface area contributed by atoms with E-state index in [2.05, 4.69) is 29.2 Å². The summed E-state index contributed by atoms with van der Waals surface area (Å²) in [5.74, 6) is 0.993. The summed E-state index contributed by atoms with van der Waals surface area (Å²) < 4.78 is 5.82. The van der Waals surface area contributed by atoms with Gasteiger partial charge >= 0.3 is 0 Å². The van der Waals surface area contributed by atoms with Crippen LogP contribution in [0.3, 0.4) is 0 Å². The first kappa shape index (κ1) is 12.2. The Kier molecular flexibility index (Phi) is 3.84. The van der Waals surface area contributed by atoms with E-state index in [0.717, 1.165) is 24.5 Å². The number of hydrogen-bond acceptors (Lipinski definition) is 4. The zero-order valence-corrected chi connectivity index (χ0v) is 10.8. The molecule has 1 N–H and O–H groups in total. The second kappa shape index (κ2) is 5.36. The van der Waals surface area contributed by atoms with Crippen LogP contribution in [-0.4, -0.2) is 37.8 Å². The standard InChI is InChI=1S/C13H21N3O/c1-10-4-6-12(17-10)9-16(3)13-7-5-11(14-2)8-15-13/h5,7-8,10,12,14H,4,6,9H2,1-3H3. The number of aromatic nitrogens is 1. The Hall–Kier alpha value is -1.29. The Bertz CT molecular complexity index is 352. The summed E-state index contributed by atoms with van der Waals surface area (Å²) in [6.45, 7) is 3.05. The molecule has 2 unspecified atom stereocenters. The molecule has 1 aliphatic rings. The van der Waals surface area contributed by atoms with Crippen molar-refractivity contribution in [1.82, 2.24) is 4.98 Å². The number of anilines is 2. The summed E-state index contributed by atoms with van der Waals surface area (Å²) in [7, 11) is 3.96. The van der Waals surface area contributed by atoms with Gasteiger partial charge in [0.25, 0.3) is 0 Å². The van der Waals surface area contributed by atoms with Crippen molar-refractivity contribution in [3.05, 3.63) is 18.3 Å². The molecule has 94 valence electrons. The van der Waals surface area contributed by atoms with E-state index in [1.54, 1.807) is 0 Å². The Morgan fingerprint density at radius 1 is 1.47 bits per heavy atom. The van der Waals surface area contributed by atoms with E-state index in [1.807, 2.05) is 25.4 Å². The molecule has 0 amide bonds. The van der Waals surface area contributed by atoms with Gasteiger partial charge in [-0.2, -0.15) is 0 Å². The molecule has 1 aliphatic heterocycles. The van der Waals surface area contributed by atoms with Crippen LogP contribution in [0.4, 0.5) is 11.5 Å². The maximum absolute atomic E-state index is 5.82. The lowest BCUT2D eigenvalue weighted by Gasteiger charge is -2.22. The number of pyridine rings is 1. The van der Waals surface area contributed by atoms with Gasteiger partial charge in [0.15, 0.2) is 0 Å². The zero-order valence-electron chi connectivity index (χ0n) is 10.8. The van der Waals surface area contributed by atoms with Gasteiger partial charge in [0.1, 0.15) is 5.82 Å². The van der Waals surface area contributed by atoms with Crippen LogP contribution in [0.2, 0.25) is 0 Å². The number of likely N-dealkylation sites (N-methyl/N-ethyl adjacent to an activating group) is 1. The van der Waals surface area contributed by atoms with Crippen molar-refractivity contribution in [2.75, 3.05) is 30.9 Å². The van der Waals surface area contributed by atoms with Gasteiger partial charge < -0.3 is 15.0 Å². The quantitative estimate of drug-likeness (QED) is 0.867. The molecule has 0 aliphatic carbocycles. The summed E-state index contributed by atoms with van der Waals surface area (Å²) in [6.07, 6.45) is 4.93. The van der Waals surface area contributed by atoms with Gasteiger partial charge in [-0.1, -0.05) is 0 Å². The van der Waals surface area contributed by atoms with Gasteiger partial charge in [0.05, 0.1) is 24.1 Å². The average Bonchev–Trinajstić information content (AvgIpc) is 2.75. The fourth-order valence-corrected chi connectivity index (χ4v) is 2.18. The van der Waals surface area contributed by atoms with Crippen LogP contribution in [0, 0.1) is 0 Å². The fourth-order valence-electron chi connectivity index (χ4n) is 2.18. The molecule has 4 heteroatoms. The highest BCUT2D eigenvalue weighted by molar-refractivity contribution is 5.47. The lowest BCUT2D eigenvalue weighted by molar-refractivity contribution is 0.0606. The Balaban J connectivity index is 1.92. The molecule has 0 bridgehead atoms. The third kappa shape index (κ3) is 3.09. The van der Waals surface area contributed by atoms with Crippen molar-refractivity contribution in [2.24, 2.45) is 0 Å². The Labute approximate surface area is 103 Å². The maximum Gasteiger partial charge on any atom is 0.128 e. The summed E-state index contributed by atoms with van der Waals surface area (Å²) in [5, 5.41) is 3.07. The number of ether oxygens (including phenoxy) is 1. The van der Waals surface area contributed by atoms with Crippen molar-refractivity contribution in [2.45, 2.75) is 32.0 Å². The SMILES string of the molecule is CNc1ccc(N(C)CC2CCC(C)O2)nc1. The van der Waals surface area contributed by atoms with E-state index in [-0.39, 0.29) is 0 Å². The molecule has 1 aromatic rings. The van der Waals surface area contributed by atoms with Crippen LogP contribution in [0.1, 0.15) is 19.8 Å². The monoisotopic (exact) mass is 235 g/mol. The van der Waals surface area contributed by atoms with Crippen LogP contribution in [-0.2, 0) is 4.74 Å². The first-order chi connectivity index (χ1) is 8.19. The lowest BCUT2D eigenvalue weighted by Crippen LogP contribution is -2.29. The van der Waals surface area contributed by atoms with Gasteiger partial charge in [0.2, 0.25) is 0 Å². The van der Waals surface area contributed by atoms with E-state index < -0.39 is 0 Å². The van der Waals surface area contributed by atoms with Gasteiger partial charge in [-0.15, -0.1) is 0 Å². The molecule has 0 saturated carbocycles. The molecule has 2 heterocycles. The third-order valence-corrected chi connectivity index (χ3v) is 3.23. The molecule has 17 heavy (non-hydrogen) atoms. The number of rotatable bonds is 4. The second-order valence-corrected chi connectivity index (χ2v) is 4.68. The molecule has 1 fully saturated rings.